The molecule has 0 atom stereocenters. The maximum absolute atomic E-state index is 13.3. The van der Waals surface area contributed by atoms with Crippen molar-refractivity contribution < 1.29 is 0 Å². The number of aromatic amines is 1. The van der Waals surface area contributed by atoms with Crippen LogP contribution in [0.1, 0.15) is 0 Å². The van der Waals surface area contributed by atoms with Crippen LogP contribution >= 0.6 is 11.3 Å². The smallest absolute Gasteiger partial charge is 0.266 e. The molecule has 0 unspecified atom stereocenters. The number of fused-ring (bicyclic) bond motifs is 7. The van der Waals surface area contributed by atoms with Gasteiger partial charge in [-0.2, -0.15) is 0 Å². The van der Waals surface area contributed by atoms with E-state index in [-0.39, 0.29) is 5.56 Å². The number of benzene rings is 4. The molecule has 0 aliphatic carbocycles. The van der Waals surface area contributed by atoms with Gasteiger partial charge >= 0.3 is 0 Å². The molecule has 0 fully saturated rings. The van der Waals surface area contributed by atoms with Crippen molar-refractivity contribution in [3.8, 4) is 11.1 Å². The van der Waals surface area contributed by atoms with Crippen LogP contribution in [0.5, 0.6) is 0 Å². The van der Waals surface area contributed by atoms with E-state index in [9.17, 15) is 4.79 Å². The van der Waals surface area contributed by atoms with Crippen molar-refractivity contribution in [1.29, 1.82) is 0 Å². The van der Waals surface area contributed by atoms with Crippen LogP contribution in [0.25, 0.3) is 59.0 Å². The Bertz CT molecular complexity index is 1860. The minimum Gasteiger partial charge on any atom is -0.354 e. The van der Waals surface area contributed by atoms with Crippen molar-refractivity contribution in [2.24, 2.45) is 0 Å². The number of imidazole rings is 1. The summed E-state index contributed by atoms with van der Waals surface area (Å²) < 4.78 is 2.71. The second kappa shape index (κ2) is 6.03. The lowest BCUT2D eigenvalue weighted by Gasteiger charge is -2.02. The van der Waals surface area contributed by atoms with E-state index < -0.39 is 0 Å². The standard InChI is InChI=1S/C26H15N3OS/c30-25-17-8-4-5-9-24(17)31-26-28-22-14-21-19(13-23(22)29(25)26)18-12-16(10-11-20(18)27-21)15-6-2-1-3-7-15/h1-14,27H. The molecule has 4 aromatic carbocycles. The van der Waals surface area contributed by atoms with Crippen molar-refractivity contribution in [1.82, 2.24) is 14.4 Å². The fourth-order valence-corrected chi connectivity index (χ4v) is 5.50. The Labute approximate surface area is 180 Å². The van der Waals surface area contributed by atoms with Gasteiger partial charge in [0.1, 0.15) is 0 Å². The average Bonchev–Trinajstić information content (AvgIpc) is 3.35. The van der Waals surface area contributed by atoms with Crippen LogP contribution in [-0.2, 0) is 0 Å². The van der Waals surface area contributed by atoms with Crippen LogP contribution in [0.4, 0.5) is 0 Å². The molecule has 3 heterocycles. The maximum Gasteiger partial charge on any atom is 0.266 e. The van der Waals surface area contributed by atoms with Gasteiger partial charge < -0.3 is 4.98 Å². The molecular formula is C26H15N3OS. The Morgan fingerprint density at radius 3 is 2.45 bits per heavy atom. The first-order chi connectivity index (χ1) is 15.3. The summed E-state index contributed by atoms with van der Waals surface area (Å²) in [4.78, 5) is 22.3. The molecule has 4 nitrogen and oxygen atoms in total. The van der Waals surface area contributed by atoms with Crippen LogP contribution in [-0.4, -0.2) is 14.4 Å². The Morgan fingerprint density at radius 2 is 1.55 bits per heavy atom. The quantitative estimate of drug-likeness (QED) is 0.338. The SMILES string of the molecule is O=c1c2ccccc2sc2nc3cc4[nH]c5ccc(-c6ccccc6)cc5c4cc3n12. The molecule has 7 aromatic rings. The zero-order chi connectivity index (χ0) is 20.5. The minimum atomic E-state index is -0.0176. The molecule has 0 spiro atoms. The zero-order valence-electron chi connectivity index (χ0n) is 16.3. The summed E-state index contributed by atoms with van der Waals surface area (Å²) in [6.45, 7) is 0. The summed E-state index contributed by atoms with van der Waals surface area (Å²) in [5.74, 6) is 0. The van der Waals surface area contributed by atoms with Gasteiger partial charge in [0.05, 0.1) is 16.4 Å². The molecular weight excluding hydrogens is 402 g/mol. The van der Waals surface area contributed by atoms with E-state index in [1.165, 1.54) is 11.1 Å². The number of nitrogens with zero attached hydrogens (tertiary/aromatic N) is 2. The molecule has 0 radical (unpaired) electrons. The third-order valence-electron chi connectivity index (χ3n) is 5.97. The summed E-state index contributed by atoms with van der Waals surface area (Å²) in [6.07, 6.45) is 0. The second-order valence-corrected chi connectivity index (χ2v) is 8.78. The number of aromatic nitrogens is 3. The average molecular weight is 417 g/mol. The highest BCUT2D eigenvalue weighted by Crippen LogP contribution is 2.33. The van der Waals surface area contributed by atoms with Gasteiger partial charge in [-0.1, -0.05) is 59.9 Å². The van der Waals surface area contributed by atoms with E-state index in [0.717, 1.165) is 47.9 Å². The number of nitrogens with one attached hydrogen (secondary N) is 1. The van der Waals surface area contributed by atoms with Crippen LogP contribution in [0.2, 0.25) is 0 Å². The Hall–Kier alpha value is -3.96. The third kappa shape index (κ3) is 2.35. The largest absolute Gasteiger partial charge is 0.354 e. The van der Waals surface area contributed by atoms with E-state index in [4.69, 9.17) is 4.98 Å². The van der Waals surface area contributed by atoms with Gasteiger partial charge in [-0.25, -0.2) is 9.38 Å². The van der Waals surface area contributed by atoms with E-state index in [2.05, 4.69) is 59.6 Å². The molecule has 0 saturated heterocycles. The summed E-state index contributed by atoms with van der Waals surface area (Å²) in [7, 11) is 0. The summed E-state index contributed by atoms with van der Waals surface area (Å²) in [5.41, 5.74) is 6.11. The Morgan fingerprint density at radius 1 is 0.742 bits per heavy atom. The Balaban J connectivity index is 1.58. The van der Waals surface area contributed by atoms with Gasteiger partial charge in [0.2, 0.25) is 0 Å². The molecule has 1 N–H and O–H groups in total. The van der Waals surface area contributed by atoms with Crippen molar-refractivity contribution in [3.63, 3.8) is 0 Å². The molecule has 0 aliphatic rings. The van der Waals surface area contributed by atoms with Gasteiger partial charge in [-0.05, 0) is 47.5 Å². The molecule has 0 amide bonds. The highest BCUT2D eigenvalue weighted by molar-refractivity contribution is 7.23. The predicted octanol–water partition coefficient (Wildman–Crippen LogP) is 6.36. The summed E-state index contributed by atoms with van der Waals surface area (Å²) in [6, 6.07) is 28.7. The first kappa shape index (κ1) is 16.8. The van der Waals surface area contributed by atoms with E-state index >= 15 is 0 Å². The normalized spacial score (nSPS) is 12.0. The third-order valence-corrected chi connectivity index (χ3v) is 7.00. The summed E-state index contributed by atoms with van der Waals surface area (Å²) >= 11 is 1.55. The first-order valence-electron chi connectivity index (χ1n) is 10.1. The molecule has 0 bridgehead atoms. The lowest BCUT2D eigenvalue weighted by Crippen LogP contribution is -2.11. The predicted molar refractivity (Wildman–Crippen MR) is 129 cm³/mol. The van der Waals surface area contributed by atoms with Crippen LogP contribution in [0.3, 0.4) is 0 Å². The Kier molecular flexibility index (Phi) is 3.27. The fourth-order valence-electron chi connectivity index (χ4n) is 4.48. The van der Waals surface area contributed by atoms with Crippen LogP contribution < -0.4 is 5.56 Å². The number of hydrogen-bond acceptors (Lipinski definition) is 3. The minimum absolute atomic E-state index is 0.0176. The molecule has 146 valence electrons. The van der Waals surface area contributed by atoms with Crippen LogP contribution in [0, 0.1) is 0 Å². The number of H-pyrrole nitrogens is 1. The van der Waals surface area contributed by atoms with Crippen LogP contribution in [0.15, 0.2) is 89.7 Å². The molecule has 5 heteroatoms. The highest BCUT2D eigenvalue weighted by atomic mass is 32.1. The highest BCUT2D eigenvalue weighted by Gasteiger charge is 2.14. The van der Waals surface area contributed by atoms with E-state index in [1.807, 2.05) is 30.3 Å². The van der Waals surface area contributed by atoms with Crippen molar-refractivity contribution in [2.75, 3.05) is 0 Å². The lowest BCUT2D eigenvalue weighted by atomic mass is 10.0. The first-order valence-corrected chi connectivity index (χ1v) is 10.9. The molecule has 0 aliphatic heterocycles. The zero-order valence-corrected chi connectivity index (χ0v) is 17.1. The number of rotatable bonds is 1. The van der Waals surface area contributed by atoms with Gasteiger partial charge in [0, 0.05) is 26.5 Å². The van der Waals surface area contributed by atoms with Gasteiger partial charge in [-0.3, -0.25) is 4.79 Å². The lowest BCUT2D eigenvalue weighted by molar-refractivity contribution is 1.20. The molecule has 7 rings (SSSR count). The van der Waals surface area contributed by atoms with Gasteiger partial charge in [0.15, 0.2) is 4.96 Å². The van der Waals surface area contributed by atoms with Crippen molar-refractivity contribution in [3.05, 3.63) is 95.3 Å². The topological polar surface area (TPSA) is 50.2 Å². The van der Waals surface area contributed by atoms with Crippen molar-refractivity contribution >= 4 is 59.2 Å². The van der Waals surface area contributed by atoms with Crippen molar-refractivity contribution in [2.45, 2.75) is 0 Å². The monoisotopic (exact) mass is 417 g/mol. The molecule has 0 saturated carbocycles. The van der Waals surface area contributed by atoms with E-state index in [0.29, 0.717) is 0 Å². The summed E-state index contributed by atoms with van der Waals surface area (Å²) in [5, 5.41) is 2.97. The van der Waals surface area contributed by atoms with Gasteiger partial charge in [0.25, 0.3) is 5.56 Å². The maximum atomic E-state index is 13.3. The molecule has 3 aromatic heterocycles. The fraction of sp³-hybridized carbons (Fsp3) is 0. The van der Waals surface area contributed by atoms with Gasteiger partial charge in [-0.15, -0.1) is 0 Å². The van der Waals surface area contributed by atoms with E-state index in [1.54, 1.807) is 15.7 Å². The number of hydrogen-bond donors (Lipinski definition) is 1. The second-order valence-electron chi connectivity index (χ2n) is 7.77. The molecule has 31 heavy (non-hydrogen) atoms.